The van der Waals surface area contributed by atoms with E-state index in [0.717, 1.165) is 0 Å². The van der Waals surface area contributed by atoms with Crippen LogP contribution in [0.4, 0.5) is 0 Å². The van der Waals surface area contributed by atoms with Crippen molar-refractivity contribution in [3.8, 4) is 0 Å². The van der Waals surface area contributed by atoms with Gasteiger partial charge in [0.2, 0.25) is 0 Å². The normalized spacial score (nSPS) is 13.0. The molecular formula is C20H23NO3. The van der Waals surface area contributed by atoms with Crippen LogP contribution in [0, 0.1) is 0 Å². The standard InChI is InChI=1S/C20H23NO3/c1-15(21(3)19(22)17-10-6-4-7-11-17)14-16(2)24-20(23)18-12-8-5-9-13-18/h4-13,15-16H,14H2,1-3H3. The molecule has 0 aliphatic carbocycles. The first-order valence-electron chi connectivity index (χ1n) is 8.07. The topological polar surface area (TPSA) is 46.6 Å². The monoisotopic (exact) mass is 325 g/mol. The Morgan fingerprint density at radius 3 is 1.96 bits per heavy atom. The zero-order valence-electron chi connectivity index (χ0n) is 14.3. The largest absolute Gasteiger partial charge is 0.459 e. The number of nitrogens with zero attached hydrogens (tertiary/aromatic N) is 1. The molecule has 2 aromatic carbocycles. The number of carbonyl (C=O) groups excluding carboxylic acids is 2. The first kappa shape index (κ1) is 17.7. The van der Waals surface area contributed by atoms with Gasteiger partial charge in [-0.05, 0) is 38.1 Å². The van der Waals surface area contributed by atoms with Crippen LogP contribution in [0.5, 0.6) is 0 Å². The second-order valence-corrected chi connectivity index (χ2v) is 5.95. The lowest BCUT2D eigenvalue weighted by molar-refractivity contribution is 0.0268. The SMILES string of the molecule is CC(CC(C)N(C)C(=O)c1ccccc1)OC(=O)c1ccccc1. The van der Waals surface area contributed by atoms with E-state index >= 15 is 0 Å². The fourth-order valence-electron chi connectivity index (χ4n) is 2.50. The second kappa shape index (κ2) is 8.29. The lowest BCUT2D eigenvalue weighted by Crippen LogP contribution is -2.37. The van der Waals surface area contributed by atoms with Crippen LogP contribution in [-0.2, 0) is 4.74 Å². The molecule has 2 atom stereocenters. The highest BCUT2D eigenvalue weighted by Gasteiger charge is 2.21. The molecule has 4 nitrogen and oxygen atoms in total. The molecule has 0 aromatic heterocycles. The molecular weight excluding hydrogens is 302 g/mol. The Morgan fingerprint density at radius 2 is 1.42 bits per heavy atom. The van der Waals surface area contributed by atoms with E-state index in [4.69, 9.17) is 4.74 Å². The molecule has 0 aliphatic rings. The molecule has 0 saturated carbocycles. The van der Waals surface area contributed by atoms with Gasteiger partial charge in [-0.2, -0.15) is 0 Å². The van der Waals surface area contributed by atoms with Crippen molar-refractivity contribution in [1.29, 1.82) is 0 Å². The van der Waals surface area contributed by atoms with Crippen molar-refractivity contribution in [2.24, 2.45) is 0 Å². The van der Waals surface area contributed by atoms with E-state index in [1.807, 2.05) is 38.1 Å². The van der Waals surface area contributed by atoms with E-state index in [0.29, 0.717) is 17.5 Å². The summed E-state index contributed by atoms with van der Waals surface area (Å²) < 4.78 is 5.47. The third-order valence-corrected chi connectivity index (χ3v) is 3.99. The number of hydrogen-bond donors (Lipinski definition) is 0. The van der Waals surface area contributed by atoms with E-state index in [1.165, 1.54) is 0 Å². The van der Waals surface area contributed by atoms with Crippen molar-refractivity contribution in [2.45, 2.75) is 32.4 Å². The number of esters is 1. The van der Waals surface area contributed by atoms with E-state index in [9.17, 15) is 9.59 Å². The maximum Gasteiger partial charge on any atom is 0.338 e. The average molecular weight is 325 g/mol. The molecule has 0 N–H and O–H groups in total. The summed E-state index contributed by atoms with van der Waals surface area (Å²) in [5.41, 5.74) is 1.19. The highest BCUT2D eigenvalue weighted by molar-refractivity contribution is 5.94. The molecule has 0 heterocycles. The van der Waals surface area contributed by atoms with Gasteiger partial charge in [-0.15, -0.1) is 0 Å². The van der Waals surface area contributed by atoms with Crippen LogP contribution in [0.1, 0.15) is 41.0 Å². The van der Waals surface area contributed by atoms with E-state index in [1.54, 1.807) is 48.3 Å². The van der Waals surface area contributed by atoms with Crippen molar-refractivity contribution >= 4 is 11.9 Å². The summed E-state index contributed by atoms with van der Waals surface area (Å²) in [6.07, 6.45) is 0.298. The Hall–Kier alpha value is -2.62. The Labute approximate surface area is 143 Å². The fraction of sp³-hybridized carbons (Fsp3) is 0.300. The van der Waals surface area contributed by atoms with Crippen LogP contribution in [0.2, 0.25) is 0 Å². The molecule has 24 heavy (non-hydrogen) atoms. The van der Waals surface area contributed by atoms with Crippen molar-refractivity contribution in [3.05, 3.63) is 71.8 Å². The molecule has 0 fully saturated rings. The summed E-state index contributed by atoms with van der Waals surface area (Å²) in [4.78, 5) is 26.2. The summed E-state index contributed by atoms with van der Waals surface area (Å²) in [6.45, 7) is 3.80. The molecule has 0 spiro atoms. The Bertz CT molecular complexity index is 670. The van der Waals surface area contributed by atoms with Crippen molar-refractivity contribution in [2.75, 3.05) is 7.05 Å². The molecule has 126 valence electrons. The molecule has 2 unspecified atom stereocenters. The molecule has 0 saturated heterocycles. The predicted molar refractivity (Wildman–Crippen MR) is 93.9 cm³/mol. The Morgan fingerprint density at radius 1 is 0.917 bits per heavy atom. The summed E-state index contributed by atoms with van der Waals surface area (Å²) >= 11 is 0. The first-order valence-corrected chi connectivity index (χ1v) is 8.07. The third-order valence-electron chi connectivity index (χ3n) is 3.99. The van der Waals surface area contributed by atoms with Crippen LogP contribution < -0.4 is 0 Å². The molecule has 0 aliphatic heterocycles. The molecule has 2 aromatic rings. The smallest absolute Gasteiger partial charge is 0.338 e. The van der Waals surface area contributed by atoms with Gasteiger partial charge in [0.05, 0.1) is 5.56 Å². The van der Waals surface area contributed by atoms with Crippen LogP contribution in [-0.4, -0.2) is 36.0 Å². The predicted octanol–water partition coefficient (Wildman–Crippen LogP) is 3.78. The zero-order valence-corrected chi connectivity index (χ0v) is 14.3. The number of rotatable bonds is 6. The Balaban J connectivity index is 1.90. The minimum atomic E-state index is -0.340. The first-order chi connectivity index (χ1) is 11.5. The van der Waals surface area contributed by atoms with E-state index < -0.39 is 0 Å². The van der Waals surface area contributed by atoms with Gasteiger partial charge in [0.1, 0.15) is 6.10 Å². The van der Waals surface area contributed by atoms with Crippen molar-refractivity contribution in [3.63, 3.8) is 0 Å². The van der Waals surface area contributed by atoms with Crippen LogP contribution in [0.25, 0.3) is 0 Å². The van der Waals surface area contributed by atoms with Gasteiger partial charge in [0.15, 0.2) is 0 Å². The van der Waals surface area contributed by atoms with E-state index in [-0.39, 0.29) is 24.0 Å². The van der Waals surface area contributed by atoms with Crippen molar-refractivity contribution in [1.82, 2.24) is 4.90 Å². The van der Waals surface area contributed by atoms with Gasteiger partial charge < -0.3 is 9.64 Å². The van der Waals surface area contributed by atoms with Crippen LogP contribution >= 0.6 is 0 Å². The summed E-state index contributed by atoms with van der Waals surface area (Å²) in [5, 5.41) is 0. The molecule has 4 heteroatoms. The molecule has 1 amide bonds. The zero-order chi connectivity index (χ0) is 17.5. The molecule has 2 rings (SSSR count). The van der Waals surface area contributed by atoms with Gasteiger partial charge in [0.25, 0.3) is 5.91 Å². The number of hydrogen-bond acceptors (Lipinski definition) is 3. The third kappa shape index (κ3) is 4.69. The van der Waals surface area contributed by atoms with Gasteiger partial charge in [-0.3, -0.25) is 4.79 Å². The molecule has 0 radical (unpaired) electrons. The number of ether oxygens (including phenoxy) is 1. The van der Waals surface area contributed by atoms with Gasteiger partial charge in [-0.25, -0.2) is 4.79 Å². The Kier molecular flexibility index (Phi) is 6.13. The second-order valence-electron chi connectivity index (χ2n) is 5.95. The minimum absolute atomic E-state index is 0.0373. The molecule has 0 bridgehead atoms. The minimum Gasteiger partial charge on any atom is -0.459 e. The highest BCUT2D eigenvalue weighted by Crippen LogP contribution is 2.13. The summed E-state index contributed by atoms with van der Waals surface area (Å²) in [5.74, 6) is -0.378. The lowest BCUT2D eigenvalue weighted by Gasteiger charge is -2.27. The highest BCUT2D eigenvalue weighted by atomic mass is 16.5. The average Bonchev–Trinajstić information content (AvgIpc) is 2.61. The summed E-state index contributed by atoms with van der Waals surface area (Å²) in [6, 6.07) is 18.0. The fourth-order valence-corrected chi connectivity index (χ4v) is 2.50. The van der Waals surface area contributed by atoms with Crippen LogP contribution in [0.3, 0.4) is 0 Å². The number of benzene rings is 2. The number of carbonyl (C=O) groups is 2. The van der Waals surface area contributed by atoms with Gasteiger partial charge in [-0.1, -0.05) is 36.4 Å². The lowest BCUT2D eigenvalue weighted by atomic mass is 10.1. The number of amides is 1. The maximum atomic E-state index is 12.4. The van der Waals surface area contributed by atoms with Crippen LogP contribution in [0.15, 0.2) is 60.7 Å². The van der Waals surface area contributed by atoms with E-state index in [2.05, 4.69) is 0 Å². The maximum absolute atomic E-state index is 12.4. The van der Waals surface area contributed by atoms with Gasteiger partial charge in [0, 0.05) is 25.1 Å². The summed E-state index contributed by atoms with van der Waals surface area (Å²) in [7, 11) is 1.77. The van der Waals surface area contributed by atoms with Crippen molar-refractivity contribution < 1.29 is 14.3 Å². The van der Waals surface area contributed by atoms with Gasteiger partial charge >= 0.3 is 5.97 Å². The quantitative estimate of drug-likeness (QED) is 0.759.